The summed E-state index contributed by atoms with van der Waals surface area (Å²) in [5.74, 6) is 6.37. The van der Waals surface area contributed by atoms with Crippen molar-refractivity contribution in [1.82, 2.24) is 25.1 Å². The summed E-state index contributed by atoms with van der Waals surface area (Å²) in [4.78, 5) is 12.3. The Balaban J connectivity index is 1.23. The van der Waals surface area contributed by atoms with E-state index in [9.17, 15) is 9.18 Å². The fourth-order valence-corrected chi connectivity index (χ4v) is 4.87. The molecule has 1 amide bonds. The molecule has 4 aromatic rings. The maximum Gasteiger partial charge on any atom is 0.264 e. The molecule has 174 valence electrons. The Morgan fingerprint density at radius 1 is 1.09 bits per heavy atom. The summed E-state index contributed by atoms with van der Waals surface area (Å²) in [6.07, 6.45) is 1.49. The van der Waals surface area contributed by atoms with E-state index in [0.717, 1.165) is 21.9 Å². The van der Waals surface area contributed by atoms with Crippen LogP contribution in [-0.4, -0.2) is 42.9 Å². The van der Waals surface area contributed by atoms with E-state index in [1.165, 1.54) is 39.9 Å². The number of aromatic nitrogens is 5. The SMILES string of the molecule is Nn1c(N/N=C/c2ccc(F)cc2)nnc1SCC(=O)Nc1nnc(SCc2ccccc2)s1. The van der Waals surface area contributed by atoms with Gasteiger partial charge in [-0.15, -0.1) is 20.4 Å². The van der Waals surface area contributed by atoms with Gasteiger partial charge in [0.15, 0.2) is 4.34 Å². The molecule has 0 atom stereocenters. The average molecular weight is 516 g/mol. The summed E-state index contributed by atoms with van der Waals surface area (Å²) in [7, 11) is 0. The van der Waals surface area contributed by atoms with Crippen molar-refractivity contribution in [2.45, 2.75) is 15.2 Å². The van der Waals surface area contributed by atoms with Gasteiger partial charge >= 0.3 is 0 Å². The van der Waals surface area contributed by atoms with Crippen molar-refractivity contribution in [2.24, 2.45) is 5.10 Å². The quantitative estimate of drug-likeness (QED) is 0.0953. The molecule has 14 heteroatoms. The highest BCUT2D eigenvalue weighted by Crippen LogP contribution is 2.28. The van der Waals surface area contributed by atoms with Crippen molar-refractivity contribution in [1.29, 1.82) is 0 Å². The van der Waals surface area contributed by atoms with Crippen LogP contribution < -0.4 is 16.6 Å². The molecule has 0 aliphatic carbocycles. The summed E-state index contributed by atoms with van der Waals surface area (Å²) in [6.45, 7) is 0. The average Bonchev–Trinajstić information content (AvgIpc) is 3.44. The monoisotopic (exact) mass is 515 g/mol. The van der Waals surface area contributed by atoms with Gasteiger partial charge in [-0.25, -0.2) is 14.5 Å². The lowest BCUT2D eigenvalue weighted by atomic mass is 10.2. The van der Waals surface area contributed by atoms with Crippen LogP contribution in [-0.2, 0) is 10.5 Å². The molecular weight excluding hydrogens is 497 g/mol. The molecule has 4 rings (SSSR count). The predicted molar refractivity (Wildman–Crippen MR) is 133 cm³/mol. The number of amides is 1. The molecule has 0 fully saturated rings. The first kappa shape index (κ1) is 23.7. The number of nitrogen functional groups attached to an aromatic ring is 1. The zero-order valence-corrected chi connectivity index (χ0v) is 19.9. The number of carbonyl (C=O) groups excluding carboxylic acids is 1. The molecule has 10 nitrogen and oxygen atoms in total. The van der Waals surface area contributed by atoms with Gasteiger partial charge in [0.1, 0.15) is 5.82 Å². The molecule has 0 bridgehead atoms. The third-order valence-corrected chi connectivity index (χ3v) is 7.09. The number of nitrogens with zero attached hydrogens (tertiary/aromatic N) is 6. The summed E-state index contributed by atoms with van der Waals surface area (Å²) in [5, 5.41) is 23.4. The zero-order valence-electron chi connectivity index (χ0n) is 17.5. The van der Waals surface area contributed by atoms with Crippen LogP contribution in [0.25, 0.3) is 0 Å². The van der Waals surface area contributed by atoms with E-state index in [0.29, 0.717) is 15.9 Å². The normalized spacial score (nSPS) is 11.1. The molecule has 0 aliphatic heterocycles. The maximum atomic E-state index is 12.9. The van der Waals surface area contributed by atoms with Gasteiger partial charge in [0.05, 0.1) is 12.0 Å². The van der Waals surface area contributed by atoms with E-state index in [-0.39, 0.29) is 23.4 Å². The Hall–Kier alpha value is -3.49. The van der Waals surface area contributed by atoms with Gasteiger partial charge in [-0.05, 0) is 23.3 Å². The second-order valence-corrected chi connectivity index (χ2v) is 9.72. The van der Waals surface area contributed by atoms with Crippen LogP contribution in [0.3, 0.4) is 0 Å². The molecule has 2 heterocycles. The first-order valence-electron chi connectivity index (χ1n) is 9.75. The third-order valence-electron chi connectivity index (χ3n) is 4.10. The summed E-state index contributed by atoms with van der Waals surface area (Å²) >= 11 is 3.98. The molecule has 2 aromatic heterocycles. The highest BCUT2D eigenvalue weighted by Gasteiger charge is 2.14. The fraction of sp³-hybridized carbons (Fsp3) is 0.100. The summed E-state index contributed by atoms with van der Waals surface area (Å²) < 4.78 is 14.9. The Labute approximate surface area is 206 Å². The van der Waals surface area contributed by atoms with E-state index in [2.05, 4.69) is 36.2 Å². The zero-order chi connectivity index (χ0) is 23.8. The van der Waals surface area contributed by atoms with Gasteiger partial charge in [0, 0.05) is 5.75 Å². The molecule has 0 radical (unpaired) electrons. The van der Waals surface area contributed by atoms with E-state index in [1.807, 2.05) is 30.3 Å². The minimum absolute atomic E-state index is 0.0558. The van der Waals surface area contributed by atoms with Gasteiger partial charge in [-0.2, -0.15) is 5.10 Å². The molecule has 34 heavy (non-hydrogen) atoms. The fourth-order valence-electron chi connectivity index (χ4n) is 2.49. The number of anilines is 2. The Morgan fingerprint density at radius 3 is 2.68 bits per heavy atom. The maximum absolute atomic E-state index is 12.9. The first-order valence-corrected chi connectivity index (χ1v) is 12.5. The third kappa shape index (κ3) is 6.76. The molecular formula is C20H18FN9OS3. The van der Waals surface area contributed by atoms with E-state index in [1.54, 1.807) is 23.9 Å². The Kier molecular flexibility index (Phi) is 8.06. The van der Waals surface area contributed by atoms with Gasteiger partial charge < -0.3 is 5.84 Å². The number of hydrogen-bond donors (Lipinski definition) is 3. The second kappa shape index (κ2) is 11.6. The number of thioether (sulfide) groups is 2. The standard InChI is InChI=1S/C20H18FN9OS3/c21-15-8-6-13(7-9-15)10-23-25-17-26-28-19(30(17)22)32-12-16(31)24-18-27-29-20(34-18)33-11-14-4-2-1-3-5-14/h1-10H,11-12,22H2,(H,25,26)(H,24,27,31)/b23-10+. The van der Waals surface area contributed by atoms with Crippen molar-refractivity contribution in [3.8, 4) is 0 Å². The minimum Gasteiger partial charge on any atom is -0.334 e. The molecule has 0 saturated carbocycles. The van der Waals surface area contributed by atoms with Gasteiger partial charge in [-0.1, -0.05) is 77.3 Å². The highest BCUT2D eigenvalue weighted by molar-refractivity contribution is 8.00. The molecule has 0 aliphatic rings. The van der Waals surface area contributed by atoms with Crippen LogP contribution >= 0.6 is 34.9 Å². The number of benzene rings is 2. The van der Waals surface area contributed by atoms with Crippen LogP contribution in [0, 0.1) is 5.82 Å². The number of carbonyl (C=O) groups is 1. The summed E-state index contributed by atoms with van der Waals surface area (Å²) in [5.41, 5.74) is 4.54. The number of nitrogens with two attached hydrogens (primary N) is 1. The lowest BCUT2D eigenvalue weighted by Crippen LogP contribution is -2.16. The number of hydrogen-bond acceptors (Lipinski definition) is 11. The van der Waals surface area contributed by atoms with E-state index >= 15 is 0 Å². The van der Waals surface area contributed by atoms with Crippen molar-refractivity contribution >= 4 is 58.1 Å². The number of nitrogens with one attached hydrogen (secondary N) is 2. The van der Waals surface area contributed by atoms with Crippen LogP contribution in [0.15, 0.2) is 69.2 Å². The highest BCUT2D eigenvalue weighted by atomic mass is 32.2. The van der Waals surface area contributed by atoms with Gasteiger partial charge in [0.25, 0.3) is 5.95 Å². The molecule has 4 N–H and O–H groups in total. The largest absolute Gasteiger partial charge is 0.334 e. The number of rotatable bonds is 10. The van der Waals surface area contributed by atoms with Crippen LogP contribution in [0.4, 0.5) is 15.5 Å². The van der Waals surface area contributed by atoms with Gasteiger partial charge in [-0.3, -0.25) is 10.1 Å². The summed E-state index contributed by atoms with van der Waals surface area (Å²) in [6, 6.07) is 15.9. The van der Waals surface area contributed by atoms with Crippen molar-refractivity contribution < 1.29 is 9.18 Å². The first-order chi connectivity index (χ1) is 16.6. The molecule has 2 aromatic carbocycles. The Morgan fingerprint density at radius 2 is 1.88 bits per heavy atom. The lowest BCUT2D eigenvalue weighted by Gasteiger charge is -2.03. The number of hydrazone groups is 1. The topological polar surface area (TPSA) is 136 Å². The lowest BCUT2D eigenvalue weighted by molar-refractivity contribution is -0.113. The van der Waals surface area contributed by atoms with Crippen LogP contribution in [0.2, 0.25) is 0 Å². The van der Waals surface area contributed by atoms with Crippen LogP contribution in [0.1, 0.15) is 11.1 Å². The van der Waals surface area contributed by atoms with Crippen LogP contribution in [0.5, 0.6) is 0 Å². The Bertz CT molecular complexity index is 1260. The van der Waals surface area contributed by atoms with Gasteiger partial charge in [0.2, 0.25) is 16.2 Å². The minimum atomic E-state index is -0.328. The second-order valence-electron chi connectivity index (χ2n) is 6.58. The van der Waals surface area contributed by atoms with Crippen molar-refractivity contribution in [3.05, 3.63) is 71.5 Å². The number of halogens is 1. The molecule has 0 unspecified atom stereocenters. The van der Waals surface area contributed by atoms with Crippen molar-refractivity contribution in [3.63, 3.8) is 0 Å². The molecule has 0 spiro atoms. The smallest absolute Gasteiger partial charge is 0.264 e. The van der Waals surface area contributed by atoms with E-state index in [4.69, 9.17) is 5.84 Å². The molecule has 0 saturated heterocycles. The van der Waals surface area contributed by atoms with E-state index < -0.39 is 0 Å². The predicted octanol–water partition coefficient (Wildman–Crippen LogP) is 3.45. The van der Waals surface area contributed by atoms with Crippen molar-refractivity contribution in [2.75, 3.05) is 22.3 Å².